The molecule has 6 rings (SSSR count). The van der Waals surface area contributed by atoms with Crippen LogP contribution in [0.5, 0.6) is 0 Å². The van der Waals surface area contributed by atoms with E-state index in [0.29, 0.717) is 16.0 Å². The molecular formula is C92H131N17O29S. The maximum absolute atomic E-state index is 15.0. The Hall–Kier alpha value is -13.0. The van der Waals surface area contributed by atoms with Gasteiger partial charge in [0.25, 0.3) is 0 Å². The fourth-order valence-corrected chi connectivity index (χ4v) is 17.4. The number of Topliss-reactive ketones (excluding diaryl/α,β-unsaturated/α-hetero) is 5. The van der Waals surface area contributed by atoms with E-state index in [2.05, 4.69) is 69.1 Å². The fraction of sp³-hybridized carbons (Fsp3) is 0.587. The zero-order valence-corrected chi connectivity index (χ0v) is 79.4. The molecule has 13 amide bonds. The number of amides is 13. The second-order valence-corrected chi connectivity index (χ2v) is 36.4. The molecular weight excluding hydrogens is 1840 g/mol. The molecule has 0 spiro atoms. The van der Waals surface area contributed by atoms with Crippen LogP contribution in [0.15, 0.2) is 65.7 Å². The van der Waals surface area contributed by atoms with Crippen molar-refractivity contribution in [2.75, 3.05) is 71.5 Å². The molecule has 15 atom stereocenters. The fourth-order valence-electron chi connectivity index (χ4n) is 16.1. The predicted molar refractivity (Wildman–Crippen MR) is 498 cm³/mol. The minimum Gasteiger partial charge on any atom is -0.481 e. The van der Waals surface area contributed by atoms with Crippen molar-refractivity contribution in [3.63, 3.8) is 0 Å². The van der Waals surface area contributed by atoms with Crippen LogP contribution in [0.25, 0.3) is 16.3 Å². The third-order valence-corrected chi connectivity index (χ3v) is 25.1. The van der Waals surface area contributed by atoms with Crippen LogP contribution in [0.3, 0.4) is 0 Å². The number of nitrogens with zero attached hydrogens (tertiary/aromatic N) is 2. The summed E-state index contributed by atoms with van der Waals surface area (Å²) in [7, 11) is 0. The summed E-state index contributed by atoms with van der Waals surface area (Å²) in [6.45, 7) is 1.89. The third-order valence-electron chi connectivity index (χ3n) is 23.9. The Morgan fingerprint density at radius 3 is 1.57 bits per heavy atom. The van der Waals surface area contributed by atoms with Gasteiger partial charge in [-0.25, -0.2) is 0 Å². The monoisotopic (exact) mass is 1970 g/mol. The largest absolute Gasteiger partial charge is 0.481 e. The van der Waals surface area contributed by atoms with Gasteiger partial charge in [0.05, 0.1) is 93.6 Å². The number of carboxylic acid groups (broad SMARTS) is 3. The highest BCUT2D eigenvalue weighted by molar-refractivity contribution is 7.99. The number of thioether (sulfide) groups is 1. The van der Waals surface area contributed by atoms with Gasteiger partial charge in [-0.1, -0.05) is 88.4 Å². The number of hydrogen-bond donors (Lipinski definition) is 23. The molecule has 46 nitrogen and oxygen atoms in total. The van der Waals surface area contributed by atoms with Crippen molar-refractivity contribution in [1.29, 1.82) is 5.41 Å². The number of benzene rings is 2. The molecule has 0 aliphatic carbocycles. The Morgan fingerprint density at radius 2 is 0.993 bits per heavy atom. The molecule has 4 heterocycles. The first-order valence-electron chi connectivity index (χ1n) is 46.1. The number of aliphatic hydroxyl groups excluding tert-OH is 5. The van der Waals surface area contributed by atoms with Crippen LogP contribution in [0.2, 0.25) is 0 Å². The van der Waals surface area contributed by atoms with Gasteiger partial charge in [-0.2, -0.15) is 0 Å². The minimum atomic E-state index is -2.01. The van der Waals surface area contributed by atoms with Gasteiger partial charge in [-0.15, -0.1) is 11.8 Å². The number of carbonyl (C=O) groups is 21. The van der Waals surface area contributed by atoms with Gasteiger partial charge >= 0.3 is 17.9 Å². The van der Waals surface area contributed by atoms with E-state index in [4.69, 9.17) is 11.1 Å². The van der Waals surface area contributed by atoms with Crippen LogP contribution in [-0.2, 0) is 114 Å². The lowest BCUT2D eigenvalue weighted by Crippen LogP contribution is -2.61. The van der Waals surface area contributed by atoms with E-state index in [1.54, 1.807) is 63.2 Å². The summed E-state index contributed by atoms with van der Waals surface area (Å²) in [6, 6.07) is -1.99. The molecule has 139 heavy (non-hydrogen) atoms. The Bertz CT molecular complexity index is 4950. The number of fused-ring (bicyclic) bond motifs is 10. The summed E-state index contributed by atoms with van der Waals surface area (Å²) in [5.41, 5.74) is 7.45. The smallest absolute Gasteiger partial charge is 0.304 e. The highest BCUT2D eigenvalue weighted by atomic mass is 32.2. The SMILES string of the molecule is C/C=C(\C)c1c2ccccc2c2n1CCCC[C@@H]1NC(=O)[C@H](CO)NC(=O)[C@H](CCC(=O)O)NC(=O)[C@H](CO)CC(=O)[C@H](CO)NC(=O)[C@H](Cc3ccccc3)CC(=O)CNC(=O)CNC(=O)[C@H](CCCNC(=N)N)CC(=O)CNC(=O)[C@@H]3CCCN3C(=O)[C@H](CCC(=O)O)NC(=O)[C@H](CC(=O)O)CC(=O)[C@H](CC(C)C)NC(=O)[C@H](CO)CC(=O)[C@H](CO)NC(=O)[C@H](CS2)NC(=O)[C@H](C(C)C)NC1=O. The van der Waals surface area contributed by atoms with Gasteiger partial charge in [-0.05, 0) is 107 Å². The molecule has 1 aromatic heterocycles. The number of aliphatic carboxylic acids is 3. The molecule has 47 heteroatoms. The number of carbonyl (C=O) groups excluding carboxylic acids is 18. The number of aromatic nitrogens is 1. The second kappa shape index (κ2) is 57.4. The molecule has 24 N–H and O–H groups in total. The summed E-state index contributed by atoms with van der Waals surface area (Å²) in [5.74, 6) is -33.5. The predicted octanol–water partition coefficient (Wildman–Crippen LogP) is -3.69. The lowest BCUT2D eigenvalue weighted by Gasteiger charge is -2.29. The van der Waals surface area contributed by atoms with Crippen molar-refractivity contribution in [2.45, 2.75) is 236 Å². The lowest BCUT2D eigenvalue weighted by atomic mass is 9.90. The number of guanidine groups is 1. The first kappa shape index (κ1) is 115. The molecule has 764 valence electrons. The van der Waals surface area contributed by atoms with E-state index in [-0.39, 0.29) is 83.2 Å². The summed E-state index contributed by atoms with van der Waals surface area (Å²) < 4.78 is 1.95. The number of aliphatic hydroxyl groups is 5. The number of nitrogens with one attached hydrogen (secondary N) is 14. The summed E-state index contributed by atoms with van der Waals surface area (Å²) in [5, 5.41) is 125. The molecule has 3 aliphatic heterocycles. The zero-order chi connectivity index (χ0) is 103. The van der Waals surface area contributed by atoms with Gasteiger partial charge in [0, 0.05) is 92.9 Å². The number of rotatable bonds is 23. The van der Waals surface area contributed by atoms with Crippen molar-refractivity contribution in [3.8, 4) is 0 Å². The number of nitrogens with two attached hydrogens (primary N) is 1. The molecule has 3 aliphatic rings. The Kier molecular flexibility index (Phi) is 47.4. The Morgan fingerprint density at radius 1 is 0.489 bits per heavy atom. The Balaban J connectivity index is 1.38. The van der Waals surface area contributed by atoms with Crippen LogP contribution >= 0.6 is 11.8 Å². The van der Waals surface area contributed by atoms with Gasteiger partial charge in [0.15, 0.2) is 34.9 Å². The highest BCUT2D eigenvalue weighted by Gasteiger charge is 2.43. The van der Waals surface area contributed by atoms with E-state index in [1.165, 1.54) is 13.8 Å². The highest BCUT2D eigenvalue weighted by Crippen LogP contribution is 2.38. The van der Waals surface area contributed by atoms with Crippen LogP contribution in [-0.4, -0.2) is 312 Å². The standard InChI is InChI=1S/C92H131N17O29S/c1-7-50(6)78-59-20-11-12-21-60(59)91-109(78)29-14-13-22-61-85(133)107-77(49(4)5)89(137)106-68(47-139-91)87(135)104-66(45-113)72(119)37-56(43-111)83(131)102-64(31-48(2)3)70(117)35-54(38-76(125)126)81(129)101-63(25-27-75(123)124)90(138)108-30-16-23-69(108)88(136)97-40-57(115)33-52(19-15-28-95-92(93)94)79(127)98-41-73(120)96-39-58(116)34-53(32-51-17-9-8-10-18-51)80(128)103-65(44-112)71(118)36-55(42-110)82(130)99-62(24-26-74(121)122)84(132)105-67(46-114)86(134)100-61/h7-12,17-18,20-21,48-49,52-56,61-69,77,110-114H,13-16,19,22-47H2,1-6H3,(H,96,120)(H,97,136)(H,98,127)(H,99,130)(H,100,134)(H,101,129)(H,102,131)(H,103,128)(H,104,135)(H,105,132)(H,106,137)(H,107,133)(H,121,122)(H,123,124)(H,125,126)(H4,93,94,95)/b50-7+/t52-,53-,54+,55+,56+,61+,62+,63+,64+,65+,66+,67+,68+,69+,77+/m1/s1. The van der Waals surface area contributed by atoms with Crippen molar-refractivity contribution < 1.29 is 142 Å². The summed E-state index contributed by atoms with van der Waals surface area (Å²) in [4.78, 5) is 295. The maximum atomic E-state index is 15.0. The van der Waals surface area contributed by atoms with Crippen molar-refractivity contribution in [3.05, 3.63) is 71.9 Å². The lowest BCUT2D eigenvalue weighted by molar-refractivity contribution is -0.145. The van der Waals surface area contributed by atoms with Crippen molar-refractivity contribution >= 4 is 158 Å². The first-order valence-corrected chi connectivity index (χ1v) is 47.1. The molecule has 0 radical (unpaired) electrons. The number of hydrogen-bond acceptors (Lipinski definition) is 28. The number of carboxylic acids is 3. The summed E-state index contributed by atoms with van der Waals surface area (Å²) >= 11 is 1.11. The van der Waals surface area contributed by atoms with E-state index < -0.39 is 348 Å². The van der Waals surface area contributed by atoms with Gasteiger partial charge in [0.2, 0.25) is 76.8 Å². The van der Waals surface area contributed by atoms with Gasteiger partial charge < -0.3 is 125 Å². The van der Waals surface area contributed by atoms with E-state index in [1.807, 2.05) is 29.7 Å². The quantitative estimate of drug-likeness (QED) is 0.0247. The summed E-state index contributed by atoms with van der Waals surface area (Å²) in [6.07, 6.45) is -6.50. The second-order valence-electron chi connectivity index (χ2n) is 35.4. The molecule has 0 saturated carbocycles. The molecule has 2 fully saturated rings. The number of ketones is 5. The van der Waals surface area contributed by atoms with E-state index in [9.17, 15) is 137 Å². The molecule has 2 bridgehead atoms. The van der Waals surface area contributed by atoms with Crippen LogP contribution in [0.4, 0.5) is 0 Å². The molecule has 2 saturated heterocycles. The maximum Gasteiger partial charge on any atom is 0.304 e. The van der Waals surface area contributed by atoms with Crippen LogP contribution in [0, 0.1) is 46.8 Å². The Labute approximate surface area is 805 Å². The molecule has 3 aromatic rings. The van der Waals surface area contributed by atoms with Crippen molar-refractivity contribution in [2.24, 2.45) is 47.2 Å². The van der Waals surface area contributed by atoms with Crippen LogP contribution < -0.4 is 74.9 Å². The third kappa shape index (κ3) is 36.4. The molecule has 0 unspecified atom stereocenters. The average Bonchev–Trinajstić information content (AvgIpc) is 1.61. The molecule has 2 aromatic carbocycles. The van der Waals surface area contributed by atoms with Crippen molar-refractivity contribution in [1.82, 2.24) is 78.6 Å². The van der Waals surface area contributed by atoms with Gasteiger partial charge in [0.1, 0.15) is 54.4 Å². The average molecular weight is 1970 g/mol. The minimum absolute atomic E-state index is 0.0252. The van der Waals surface area contributed by atoms with Gasteiger partial charge in [-0.3, -0.25) is 106 Å². The number of allylic oxidation sites excluding steroid dienone is 2. The van der Waals surface area contributed by atoms with E-state index >= 15 is 4.79 Å². The topological polar surface area (TPSA) is 735 Å². The van der Waals surface area contributed by atoms with E-state index in [0.717, 1.165) is 33.3 Å². The first-order chi connectivity index (χ1) is 66.0. The van der Waals surface area contributed by atoms with Crippen LogP contribution in [0.1, 0.15) is 168 Å². The zero-order valence-electron chi connectivity index (χ0n) is 78.5. The normalized spacial score (nSPS) is 25.4.